The van der Waals surface area contributed by atoms with Crippen LogP contribution >= 0.6 is 11.6 Å². The van der Waals surface area contributed by atoms with Crippen LogP contribution in [-0.4, -0.2) is 93.8 Å². The van der Waals surface area contributed by atoms with E-state index in [1.807, 2.05) is 37.3 Å². The molecule has 2 saturated heterocycles. The number of carbonyl (C=O) groups is 2. The molecule has 53 heavy (non-hydrogen) atoms. The molecule has 8 rings (SSSR count). The van der Waals surface area contributed by atoms with E-state index in [2.05, 4.69) is 19.4 Å². The molecule has 0 radical (unpaired) electrons. The van der Waals surface area contributed by atoms with E-state index < -0.39 is 21.2 Å². The maximum atomic E-state index is 14.4. The Morgan fingerprint density at radius 1 is 0.962 bits per heavy atom. The van der Waals surface area contributed by atoms with E-state index in [-0.39, 0.29) is 23.3 Å². The zero-order valence-electron chi connectivity index (χ0n) is 31.2. The molecule has 4 fully saturated rings. The number of carbonyl (C=O) groups excluding carboxylic acids is 2. The summed E-state index contributed by atoms with van der Waals surface area (Å²) >= 11 is 6.40. The lowest BCUT2D eigenvalue weighted by molar-refractivity contribution is -0.140. The summed E-state index contributed by atoms with van der Waals surface area (Å²) in [6.07, 6.45) is 8.44. The SMILES string of the molecule is C[C@@H]1[C@@H](C)CCC[C@]2(C[C@H]2C(=O)N2CCN3CCOC[C@H]3C2)[C@@H]2CC[C@H]2CN2CCCCc3cc(Cl)ccc3COc3ccc(cc32)C(=O)NS1(=O)=O. The highest BCUT2D eigenvalue weighted by Crippen LogP contribution is 2.68. The van der Waals surface area contributed by atoms with E-state index >= 15 is 0 Å². The van der Waals surface area contributed by atoms with Crippen molar-refractivity contribution in [2.45, 2.75) is 89.5 Å². The molecule has 2 aliphatic carbocycles. The molecule has 4 aliphatic heterocycles. The molecule has 6 aliphatic rings. The van der Waals surface area contributed by atoms with Gasteiger partial charge in [-0.1, -0.05) is 31.0 Å². The predicted octanol–water partition coefficient (Wildman–Crippen LogP) is 5.91. The summed E-state index contributed by atoms with van der Waals surface area (Å²) in [5.74, 6) is 1.05. The average Bonchev–Trinajstić information content (AvgIpc) is 3.86. The fourth-order valence-electron chi connectivity index (χ4n) is 10.2. The molecule has 288 valence electrons. The second kappa shape index (κ2) is 15.0. The van der Waals surface area contributed by atoms with Gasteiger partial charge >= 0.3 is 0 Å². The highest BCUT2D eigenvalue weighted by molar-refractivity contribution is 7.90. The van der Waals surface area contributed by atoms with E-state index in [1.54, 1.807) is 13.0 Å². The third-order valence-corrected chi connectivity index (χ3v) is 16.0. The molecule has 0 aromatic heterocycles. The molecule has 7 atom stereocenters. The lowest BCUT2D eigenvalue weighted by Crippen LogP contribution is -2.59. The number of rotatable bonds is 1. The molecule has 2 aromatic rings. The van der Waals surface area contributed by atoms with Gasteiger partial charge < -0.3 is 19.3 Å². The first-order valence-corrected chi connectivity index (χ1v) is 21.9. The van der Waals surface area contributed by atoms with Crippen LogP contribution in [-0.2, 0) is 32.6 Å². The lowest BCUT2D eigenvalue weighted by atomic mass is 9.62. The van der Waals surface area contributed by atoms with E-state index in [9.17, 15) is 18.0 Å². The molecule has 2 aromatic carbocycles. The van der Waals surface area contributed by atoms with Gasteiger partial charge in [0, 0.05) is 55.8 Å². The summed E-state index contributed by atoms with van der Waals surface area (Å²) in [6, 6.07) is 11.5. The molecule has 10 nitrogen and oxygen atoms in total. The normalized spacial score (nSPS) is 33.5. The van der Waals surface area contributed by atoms with E-state index in [0.717, 1.165) is 115 Å². The second-order valence-electron chi connectivity index (χ2n) is 16.8. The van der Waals surface area contributed by atoms with Gasteiger partial charge in [-0.3, -0.25) is 14.5 Å². The molecule has 1 spiro atoms. The van der Waals surface area contributed by atoms with Crippen molar-refractivity contribution in [1.29, 1.82) is 0 Å². The monoisotopic (exact) mass is 766 g/mol. The number of hydrogen-bond donors (Lipinski definition) is 1. The van der Waals surface area contributed by atoms with E-state index in [0.29, 0.717) is 47.3 Å². The molecule has 2 amide bonds. The van der Waals surface area contributed by atoms with Crippen molar-refractivity contribution in [3.8, 4) is 5.75 Å². The number of piperazine rings is 1. The number of amides is 2. The van der Waals surface area contributed by atoms with Crippen molar-refractivity contribution in [2.75, 3.05) is 57.4 Å². The van der Waals surface area contributed by atoms with Crippen LogP contribution in [0.25, 0.3) is 0 Å². The Balaban J connectivity index is 1.11. The number of aryl methyl sites for hydroxylation is 1. The number of benzene rings is 2. The molecule has 1 N–H and O–H groups in total. The Bertz CT molecular complexity index is 1820. The van der Waals surface area contributed by atoms with Crippen LogP contribution in [0.5, 0.6) is 5.75 Å². The average molecular weight is 767 g/mol. The number of anilines is 1. The van der Waals surface area contributed by atoms with Gasteiger partial charge in [0.25, 0.3) is 5.91 Å². The Kier molecular flexibility index (Phi) is 10.5. The number of sulfonamides is 1. The third-order valence-electron chi connectivity index (χ3n) is 13.8. The maximum Gasteiger partial charge on any atom is 0.264 e. The van der Waals surface area contributed by atoms with Crippen LogP contribution in [0.1, 0.15) is 86.7 Å². The number of morpholine rings is 1. The van der Waals surface area contributed by atoms with Gasteiger partial charge in [0.1, 0.15) is 12.4 Å². The van der Waals surface area contributed by atoms with E-state index in [1.165, 1.54) is 5.56 Å². The van der Waals surface area contributed by atoms with Crippen molar-refractivity contribution >= 4 is 39.1 Å². The van der Waals surface area contributed by atoms with Crippen molar-refractivity contribution in [2.24, 2.45) is 29.1 Å². The van der Waals surface area contributed by atoms with Gasteiger partial charge in [0.2, 0.25) is 15.9 Å². The van der Waals surface area contributed by atoms with Crippen molar-refractivity contribution in [3.05, 3.63) is 58.1 Å². The topological polar surface area (TPSA) is 108 Å². The van der Waals surface area contributed by atoms with Gasteiger partial charge in [0.05, 0.1) is 30.2 Å². The van der Waals surface area contributed by atoms with Gasteiger partial charge in [0.15, 0.2) is 0 Å². The summed E-state index contributed by atoms with van der Waals surface area (Å²) in [4.78, 5) is 35.0. The number of hydrogen-bond acceptors (Lipinski definition) is 8. The van der Waals surface area contributed by atoms with Crippen LogP contribution in [0.4, 0.5) is 5.69 Å². The molecule has 2 bridgehead atoms. The highest BCUT2D eigenvalue weighted by Gasteiger charge is 2.65. The third kappa shape index (κ3) is 7.44. The molecule has 2 saturated carbocycles. The van der Waals surface area contributed by atoms with Gasteiger partial charge in [-0.2, -0.15) is 0 Å². The minimum atomic E-state index is -3.94. The van der Waals surface area contributed by atoms with Crippen LogP contribution in [0.2, 0.25) is 5.02 Å². The van der Waals surface area contributed by atoms with Crippen LogP contribution in [0, 0.1) is 29.1 Å². The Morgan fingerprint density at radius 3 is 2.66 bits per heavy atom. The van der Waals surface area contributed by atoms with Crippen molar-refractivity contribution in [3.63, 3.8) is 0 Å². The predicted molar refractivity (Wildman–Crippen MR) is 206 cm³/mol. The Morgan fingerprint density at radius 2 is 1.83 bits per heavy atom. The number of nitrogens with one attached hydrogen (secondary N) is 1. The molecule has 4 heterocycles. The number of halogens is 1. The minimum Gasteiger partial charge on any atom is -0.487 e. The summed E-state index contributed by atoms with van der Waals surface area (Å²) in [7, 11) is -3.94. The summed E-state index contributed by atoms with van der Waals surface area (Å²) in [6.45, 7) is 10.4. The Hall–Kier alpha value is -2.86. The van der Waals surface area contributed by atoms with Gasteiger partial charge in [-0.05, 0) is 123 Å². The second-order valence-corrected chi connectivity index (χ2v) is 19.3. The number of ether oxygens (including phenoxy) is 2. The standard InChI is InChI=1S/C41H55ClN4O6S/c1-27-6-5-14-41(22-36(41)40(48)46-17-16-44-18-19-51-26-34(44)24-46)35-12-9-31(35)23-45-15-4-3-7-29-20-33(42)11-8-32(29)25-52-38-13-10-30(21-37(38)45)39(47)43-53(49,50)28(27)2/h8,10-11,13,20-21,27-28,31,34-36H,3-7,9,12,14-19,22-26H2,1-2H3,(H,43,47)/t27-,28+,31-,34+,35+,36-,41-/m0/s1. The number of fused-ring (bicyclic) bond motifs is 5. The first-order chi connectivity index (χ1) is 25.5. The molecular formula is C41H55ClN4O6S. The lowest BCUT2D eigenvalue weighted by Gasteiger charge is -2.47. The van der Waals surface area contributed by atoms with Crippen molar-refractivity contribution < 1.29 is 27.5 Å². The Labute approximate surface area is 319 Å². The molecular weight excluding hydrogens is 712 g/mol. The van der Waals surface area contributed by atoms with Gasteiger partial charge in [-0.15, -0.1) is 0 Å². The zero-order chi connectivity index (χ0) is 36.9. The van der Waals surface area contributed by atoms with Crippen LogP contribution in [0.15, 0.2) is 36.4 Å². The van der Waals surface area contributed by atoms with Gasteiger partial charge in [-0.25, -0.2) is 13.1 Å². The van der Waals surface area contributed by atoms with Crippen molar-refractivity contribution in [1.82, 2.24) is 14.5 Å². The fraction of sp³-hybridized carbons (Fsp3) is 0.659. The first-order valence-electron chi connectivity index (χ1n) is 20.0. The fourth-order valence-corrected chi connectivity index (χ4v) is 11.7. The molecule has 12 heteroatoms. The van der Waals surface area contributed by atoms with Crippen LogP contribution < -0.4 is 14.4 Å². The minimum absolute atomic E-state index is 0.0103. The first kappa shape index (κ1) is 37.1. The smallest absolute Gasteiger partial charge is 0.264 e. The quantitative estimate of drug-likeness (QED) is 0.382. The number of nitrogens with zero attached hydrogens (tertiary/aromatic N) is 3. The molecule has 0 unspecified atom stereocenters. The maximum absolute atomic E-state index is 14.4. The highest BCUT2D eigenvalue weighted by atomic mass is 35.5. The zero-order valence-corrected chi connectivity index (χ0v) is 32.8. The largest absolute Gasteiger partial charge is 0.487 e. The summed E-state index contributed by atoms with van der Waals surface area (Å²) in [5.41, 5.74) is 3.32. The van der Waals surface area contributed by atoms with E-state index in [4.69, 9.17) is 21.1 Å². The summed E-state index contributed by atoms with van der Waals surface area (Å²) in [5, 5.41) is -0.0304. The summed E-state index contributed by atoms with van der Waals surface area (Å²) < 4.78 is 41.9. The van der Waals surface area contributed by atoms with Crippen LogP contribution in [0.3, 0.4) is 0 Å².